The third kappa shape index (κ3) is 3.49. The van der Waals surface area contributed by atoms with E-state index in [1.807, 2.05) is 38.4 Å². The number of H-pyrrole nitrogens is 1. The van der Waals surface area contributed by atoms with Gasteiger partial charge in [0.1, 0.15) is 0 Å². The van der Waals surface area contributed by atoms with Gasteiger partial charge in [-0.1, -0.05) is 22.0 Å². The van der Waals surface area contributed by atoms with Crippen molar-refractivity contribution in [2.45, 2.75) is 6.04 Å². The number of halogens is 1. The predicted octanol–water partition coefficient (Wildman–Crippen LogP) is 4.02. The summed E-state index contributed by atoms with van der Waals surface area (Å²) in [4.78, 5) is 19.1. The van der Waals surface area contributed by atoms with Gasteiger partial charge in [0.25, 0.3) is 5.91 Å². The second kappa shape index (κ2) is 6.86. The van der Waals surface area contributed by atoms with Crippen LogP contribution in [-0.2, 0) is 0 Å². The summed E-state index contributed by atoms with van der Waals surface area (Å²) in [6, 6.07) is 10.2. The maximum Gasteiger partial charge on any atom is 0.253 e. The van der Waals surface area contributed by atoms with Gasteiger partial charge in [0.15, 0.2) is 0 Å². The van der Waals surface area contributed by atoms with E-state index >= 15 is 0 Å². The van der Waals surface area contributed by atoms with Crippen LogP contribution in [0.5, 0.6) is 0 Å². The number of nitrogens with zero attached hydrogens (tertiary/aromatic N) is 1. The number of fused-ring (bicyclic) bond motifs is 1. The molecule has 1 atom stereocenters. The molecule has 1 aromatic carbocycles. The van der Waals surface area contributed by atoms with Crippen molar-refractivity contribution in [2.24, 2.45) is 0 Å². The van der Waals surface area contributed by atoms with Crippen LogP contribution in [0.4, 0.5) is 0 Å². The maximum absolute atomic E-state index is 12.6. The summed E-state index contributed by atoms with van der Waals surface area (Å²) in [6.45, 7) is 0.576. The van der Waals surface area contributed by atoms with Crippen LogP contribution in [0.25, 0.3) is 10.9 Å². The standard InChI is InChI=1S/C17H18BrN3OS/c1-21(2)15(16-4-3-7-23-16)10-20-17(22)13-9-19-14-6-5-11(18)8-12(13)14/h3-9,15,19H,10H2,1-2H3,(H,20,22)/t15-/m1/s1. The lowest BCUT2D eigenvalue weighted by Crippen LogP contribution is -2.34. The number of likely N-dealkylation sites (N-methyl/N-ethyl adjacent to an activating group) is 1. The average Bonchev–Trinajstić information content (AvgIpc) is 3.16. The molecule has 0 bridgehead atoms. The normalized spacial score (nSPS) is 12.7. The van der Waals surface area contributed by atoms with E-state index in [0.717, 1.165) is 15.4 Å². The van der Waals surface area contributed by atoms with Crippen molar-refractivity contribution in [1.82, 2.24) is 15.2 Å². The Hall–Kier alpha value is -1.63. The number of thiophene rings is 1. The van der Waals surface area contributed by atoms with Gasteiger partial charge in [-0.2, -0.15) is 0 Å². The number of nitrogens with one attached hydrogen (secondary N) is 2. The largest absolute Gasteiger partial charge is 0.360 e. The van der Waals surface area contributed by atoms with Crippen LogP contribution in [0.2, 0.25) is 0 Å². The number of benzene rings is 1. The first-order chi connectivity index (χ1) is 11.1. The summed E-state index contributed by atoms with van der Waals surface area (Å²) in [7, 11) is 4.05. The summed E-state index contributed by atoms with van der Waals surface area (Å²) < 4.78 is 0.961. The Kier molecular flexibility index (Phi) is 4.84. The smallest absolute Gasteiger partial charge is 0.253 e. The first-order valence-electron chi connectivity index (χ1n) is 7.31. The highest BCUT2D eigenvalue weighted by atomic mass is 79.9. The second-order valence-corrected chi connectivity index (χ2v) is 7.49. The zero-order valence-corrected chi connectivity index (χ0v) is 15.4. The van der Waals surface area contributed by atoms with E-state index < -0.39 is 0 Å². The molecule has 120 valence electrons. The molecule has 2 N–H and O–H groups in total. The Balaban J connectivity index is 1.76. The van der Waals surface area contributed by atoms with Crippen LogP contribution in [0.3, 0.4) is 0 Å². The first kappa shape index (κ1) is 16.2. The van der Waals surface area contributed by atoms with E-state index in [1.54, 1.807) is 17.5 Å². The highest BCUT2D eigenvalue weighted by molar-refractivity contribution is 9.10. The van der Waals surface area contributed by atoms with Crippen LogP contribution in [0.1, 0.15) is 21.3 Å². The number of amides is 1. The number of carbonyl (C=O) groups excluding carboxylic acids is 1. The van der Waals surface area contributed by atoms with Crippen LogP contribution in [0.15, 0.2) is 46.4 Å². The van der Waals surface area contributed by atoms with Crippen molar-refractivity contribution in [3.8, 4) is 0 Å². The number of aromatic nitrogens is 1. The molecule has 2 heterocycles. The summed E-state index contributed by atoms with van der Waals surface area (Å²) >= 11 is 5.16. The second-order valence-electron chi connectivity index (χ2n) is 5.60. The number of aromatic amines is 1. The van der Waals surface area contributed by atoms with Gasteiger partial charge in [-0.15, -0.1) is 11.3 Å². The van der Waals surface area contributed by atoms with Crippen molar-refractivity contribution in [1.29, 1.82) is 0 Å². The monoisotopic (exact) mass is 391 g/mol. The van der Waals surface area contributed by atoms with Crippen LogP contribution in [-0.4, -0.2) is 36.4 Å². The molecule has 0 saturated heterocycles. The van der Waals surface area contributed by atoms with E-state index in [0.29, 0.717) is 12.1 Å². The Morgan fingerprint density at radius 3 is 2.91 bits per heavy atom. The van der Waals surface area contributed by atoms with Crippen LogP contribution in [0, 0.1) is 0 Å². The molecule has 2 aromatic heterocycles. The lowest BCUT2D eigenvalue weighted by Gasteiger charge is -2.23. The quantitative estimate of drug-likeness (QED) is 0.689. The highest BCUT2D eigenvalue weighted by Gasteiger charge is 2.18. The molecule has 0 radical (unpaired) electrons. The zero-order chi connectivity index (χ0) is 16.4. The Morgan fingerprint density at radius 2 is 2.22 bits per heavy atom. The van der Waals surface area contributed by atoms with Gasteiger partial charge in [0, 0.05) is 33.0 Å². The van der Waals surface area contributed by atoms with Crippen LogP contribution < -0.4 is 5.32 Å². The van der Waals surface area contributed by atoms with E-state index in [-0.39, 0.29) is 11.9 Å². The third-order valence-corrected chi connectivity index (χ3v) is 5.31. The molecule has 0 fully saturated rings. The van der Waals surface area contributed by atoms with E-state index in [4.69, 9.17) is 0 Å². The van der Waals surface area contributed by atoms with Gasteiger partial charge in [0.2, 0.25) is 0 Å². The summed E-state index contributed by atoms with van der Waals surface area (Å²) in [6.07, 6.45) is 1.77. The van der Waals surface area contributed by atoms with Crippen molar-refractivity contribution in [3.05, 3.63) is 56.8 Å². The molecule has 0 unspecified atom stereocenters. The molecule has 0 spiro atoms. The number of hydrogen-bond donors (Lipinski definition) is 2. The summed E-state index contributed by atoms with van der Waals surface area (Å²) in [5.41, 5.74) is 1.63. The minimum atomic E-state index is -0.0576. The highest BCUT2D eigenvalue weighted by Crippen LogP contribution is 2.24. The van der Waals surface area contributed by atoms with Gasteiger partial charge in [-0.05, 0) is 43.7 Å². The number of rotatable bonds is 5. The van der Waals surface area contributed by atoms with E-state index in [2.05, 4.69) is 42.6 Å². The Labute approximate surface area is 147 Å². The molecule has 0 aliphatic heterocycles. The number of carbonyl (C=O) groups is 1. The van der Waals surface area contributed by atoms with Crippen molar-refractivity contribution in [2.75, 3.05) is 20.6 Å². The summed E-state index contributed by atoms with van der Waals surface area (Å²) in [5.74, 6) is -0.0576. The lowest BCUT2D eigenvalue weighted by atomic mass is 10.1. The summed E-state index contributed by atoms with van der Waals surface area (Å²) in [5, 5.41) is 6.04. The van der Waals surface area contributed by atoms with Crippen LogP contribution >= 0.6 is 27.3 Å². The Morgan fingerprint density at radius 1 is 1.39 bits per heavy atom. The fourth-order valence-corrected chi connectivity index (χ4v) is 3.87. The minimum Gasteiger partial charge on any atom is -0.360 e. The van der Waals surface area contributed by atoms with Gasteiger partial charge in [0.05, 0.1) is 11.6 Å². The third-order valence-electron chi connectivity index (χ3n) is 3.84. The van der Waals surface area contributed by atoms with E-state index in [1.165, 1.54) is 4.88 Å². The first-order valence-corrected chi connectivity index (χ1v) is 8.98. The van der Waals surface area contributed by atoms with Crippen molar-refractivity contribution >= 4 is 44.1 Å². The fraction of sp³-hybridized carbons (Fsp3) is 0.235. The molecule has 0 saturated carbocycles. The molecule has 0 aliphatic carbocycles. The topological polar surface area (TPSA) is 48.1 Å². The minimum absolute atomic E-state index is 0.0576. The fourth-order valence-electron chi connectivity index (χ4n) is 2.58. The molecule has 4 nitrogen and oxygen atoms in total. The van der Waals surface area contributed by atoms with Gasteiger partial charge >= 0.3 is 0 Å². The zero-order valence-electron chi connectivity index (χ0n) is 13.0. The molecule has 23 heavy (non-hydrogen) atoms. The van der Waals surface area contributed by atoms with Gasteiger partial charge < -0.3 is 15.2 Å². The Bertz CT molecular complexity index is 810. The number of hydrogen-bond acceptors (Lipinski definition) is 3. The van der Waals surface area contributed by atoms with Gasteiger partial charge in [-0.3, -0.25) is 4.79 Å². The van der Waals surface area contributed by atoms with Crippen molar-refractivity contribution < 1.29 is 4.79 Å². The SMILES string of the molecule is CN(C)[C@H](CNC(=O)c1c[nH]c2ccc(Br)cc12)c1cccs1. The molecule has 3 rings (SSSR count). The van der Waals surface area contributed by atoms with Crippen molar-refractivity contribution in [3.63, 3.8) is 0 Å². The average molecular weight is 392 g/mol. The molecule has 1 amide bonds. The van der Waals surface area contributed by atoms with E-state index in [9.17, 15) is 4.79 Å². The van der Waals surface area contributed by atoms with Gasteiger partial charge in [-0.25, -0.2) is 0 Å². The molecule has 3 aromatic rings. The molecular formula is C17H18BrN3OS. The molecular weight excluding hydrogens is 374 g/mol. The molecule has 0 aliphatic rings. The lowest BCUT2D eigenvalue weighted by molar-refractivity contribution is 0.0944. The predicted molar refractivity (Wildman–Crippen MR) is 99.1 cm³/mol. The maximum atomic E-state index is 12.6. The molecule has 6 heteroatoms.